The predicted molar refractivity (Wildman–Crippen MR) is 77.8 cm³/mol. The zero-order valence-electron chi connectivity index (χ0n) is 11.5. The largest absolute Gasteiger partial charge is 0.241 e. The van der Waals surface area contributed by atoms with E-state index < -0.39 is 0 Å². The molecule has 3 aromatic rings. The minimum atomic E-state index is 1.04. The number of aryl methyl sites for hydroxylation is 3. The van der Waals surface area contributed by atoms with E-state index in [0.717, 1.165) is 16.7 Å². The summed E-state index contributed by atoms with van der Waals surface area (Å²) in [7, 11) is 2.07. The van der Waals surface area contributed by atoms with Crippen LogP contribution in [-0.4, -0.2) is 4.98 Å². The summed E-state index contributed by atoms with van der Waals surface area (Å²) in [5, 5.41) is 0. The fourth-order valence-corrected chi connectivity index (χ4v) is 2.39. The second-order valence-electron chi connectivity index (χ2n) is 5.06. The van der Waals surface area contributed by atoms with Crippen LogP contribution in [0.25, 0.3) is 22.2 Å². The summed E-state index contributed by atoms with van der Waals surface area (Å²) in [5.74, 6) is 0. The van der Waals surface area contributed by atoms with Gasteiger partial charge in [0.05, 0.1) is 0 Å². The number of aromatic nitrogens is 2. The first kappa shape index (κ1) is 11.8. The third-order valence-electron chi connectivity index (χ3n) is 3.42. The van der Waals surface area contributed by atoms with Gasteiger partial charge in [0.2, 0.25) is 5.52 Å². The third kappa shape index (κ3) is 2.22. The molecule has 0 spiro atoms. The molecule has 0 unspecified atom stereocenters. The molecule has 0 fully saturated rings. The first-order valence-electron chi connectivity index (χ1n) is 6.47. The number of benzene rings is 2. The molecule has 19 heavy (non-hydrogen) atoms. The summed E-state index contributed by atoms with van der Waals surface area (Å²) in [5.41, 5.74) is 6.99. The molecule has 0 aliphatic rings. The molecule has 2 heteroatoms. The topological polar surface area (TPSA) is 16.8 Å². The molecule has 1 aromatic heterocycles. The highest BCUT2D eigenvalue weighted by Crippen LogP contribution is 2.22. The highest BCUT2D eigenvalue weighted by atomic mass is 14.9. The Labute approximate surface area is 113 Å². The Kier molecular flexibility index (Phi) is 2.79. The van der Waals surface area contributed by atoms with Gasteiger partial charge < -0.3 is 0 Å². The van der Waals surface area contributed by atoms with Crippen molar-refractivity contribution in [2.75, 3.05) is 0 Å². The zero-order chi connectivity index (χ0) is 13.4. The minimum absolute atomic E-state index is 1.04. The van der Waals surface area contributed by atoms with E-state index in [1.807, 2.05) is 6.92 Å². The Morgan fingerprint density at radius 2 is 1.58 bits per heavy atom. The van der Waals surface area contributed by atoms with Gasteiger partial charge in [-0.1, -0.05) is 35.9 Å². The van der Waals surface area contributed by atoms with Crippen molar-refractivity contribution in [3.63, 3.8) is 0 Å². The summed E-state index contributed by atoms with van der Waals surface area (Å²) in [4.78, 5) is 4.56. The molecule has 2 aromatic carbocycles. The number of hydrogen-bond donors (Lipinski definition) is 0. The van der Waals surface area contributed by atoms with E-state index in [4.69, 9.17) is 0 Å². The van der Waals surface area contributed by atoms with Gasteiger partial charge in [-0.05, 0) is 31.0 Å². The van der Waals surface area contributed by atoms with Crippen molar-refractivity contribution in [2.45, 2.75) is 13.8 Å². The highest BCUT2D eigenvalue weighted by molar-refractivity contribution is 5.79. The maximum Gasteiger partial charge on any atom is 0.231 e. The first-order valence-corrected chi connectivity index (χ1v) is 6.47. The lowest BCUT2D eigenvalue weighted by molar-refractivity contribution is -0.645. The Hall–Kier alpha value is -2.22. The van der Waals surface area contributed by atoms with Crippen LogP contribution in [0, 0.1) is 13.8 Å². The molecular formula is C17H17N2+. The van der Waals surface area contributed by atoms with Crippen molar-refractivity contribution < 1.29 is 4.57 Å². The fraction of sp³-hybridized carbons (Fsp3) is 0.176. The quantitative estimate of drug-likeness (QED) is 0.604. The molecule has 0 N–H and O–H groups in total. The maximum absolute atomic E-state index is 4.56. The van der Waals surface area contributed by atoms with Crippen LogP contribution in [0.15, 0.2) is 48.7 Å². The van der Waals surface area contributed by atoms with Gasteiger partial charge in [0, 0.05) is 6.07 Å². The van der Waals surface area contributed by atoms with Gasteiger partial charge in [0.15, 0.2) is 6.20 Å². The Balaban J connectivity index is 2.19. The molecule has 0 aliphatic carbocycles. The molecule has 0 saturated carbocycles. The number of fused-ring (bicyclic) bond motifs is 1. The Morgan fingerprint density at radius 1 is 0.895 bits per heavy atom. The van der Waals surface area contributed by atoms with E-state index in [2.05, 4.69) is 72.2 Å². The van der Waals surface area contributed by atoms with E-state index in [-0.39, 0.29) is 0 Å². The highest BCUT2D eigenvalue weighted by Gasteiger charge is 2.09. The van der Waals surface area contributed by atoms with Crippen molar-refractivity contribution >= 4 is 11.0 Å². The lowest BCUT2D eigenvalue weighted by Gasteiger charge is -2.04. The monoisotopic (exact) mass is 249 g/mol. The van der Waals surface area contributed by atoms with Crippen LogP contribution in [0.1, 0.15) is 11.3 Å². The molecule has 3 rings (SSSR count). The maximum atomic E-state index is 4.56. The molecule has 94 valence electrons. The lowest BCUT2D eigenvalue weighted by Crippen LogP contribution is -2.29. The minimum Gasteiger partial charge on any atom is -0.241 e. The van der Waals surface area contributed by atoms with Crippen LogP contribution in [-0.2, 0) is 7.05 Å². The van der Waals surface area contributed by atoms with Crippen LogP contribution >= 0.6 is 0 Å². The van der Waals surface area contributed by atoms with Crippen LogP contribution in [0.5, 0.6) is 0 Å². The third-order valence-corrected chi connectivity index (χ3v) is 3.42. The standard InChI is InChI=1S/C17H17N2/c1-12-4-6-14(7-5-12)15-8-9-16-17(10-15)19(3)11-13(2)18-16/h4-11H,1-3H3/q+1. The van der Waals surface area contributed by atoms with Crippen molar-refractivity contribution in [1.29, 1.82) is 0 Å². The Bertz CT molecular complexity index is 743. The second kappa shape index (κ2) is 4.47. The summed E-state index contributed by atoms with van der Waals surface area (Å²) in [6.07, 6.45) is 2.06. The van der Waals surface area contributed by atoms with Crippen molar-refractivity contribution in [1.82, 2.24) is 4.98 Å². The van der Waals surface area contributed by atoms with Crippen LogP contribution < -0.4 is 4.57 Å². The molecule has 0 aliphatic heterocycles. The number of nitrogens with zero attached hydrogens (tertiary/aromatic N) is 2. The molecule has 0 radical (unpaired) electrons. The van der Waals surface area contributed by atoms with Crippen LogP contribution in [0.3, 0.4) is 0 Å². The summed E-state index contributed by atoms with van der Waals surface area (Å²) < 4.78 is 2.13. The smallest absolute Gasteiger partial charge is 0.231 e. The summed E-state index contributed by atoms with van der Waals surface area (Å²) >= 11 is 0. The first-order chi connectivity index (χ1) is 9.13. The number of hydrogen-bond acceptors (Lipinski definition) is 1. The molecule has 0 saturated heterocycles. The molecule has 2 nitrogen and oxygen atoms in total. The average Bonchev–Trinajstić information content (AvgIpc) is 2.39. The normalized spacial score (nSPS) is 10.9. The molecule has 0 atom stereocenters. The SMILES string of the molecule is Cc1ccc(-c2ccc3nc(C)c[n+](C)c3c2)cc1. The molecule has 0 amide bonds. The zero-order valence-corrected chi connectivity index (χ0v) is 11.5. The fourth-order valence-electron chi connectivity index (χ4n) is 2.39. The van der Waals surface area contributed by atoms with E-state index in [1.54, 1.807) is 0 Å². The van der Waals surface area contributed by atoms with Gasteiger partial charge in [0.25, 0.3) is 0 Å². The molecular weight excluding hydrogens is 232 g/mol. The van der Waals surface area contributed by atoms with E-state index in [9.17, 15) is 0 Å². The molecule has 0 bridgehead atoms. The predicted octanol–water partition coefficient (Wildman–Crippen LogP) is 3.34. The number of rotatable bonds is 1. The van der Waals surface area contributed by atoms with Gasteiger partial charge >= 0.3 is 0 Å². The van der Waals surface area contributed by atoms with Gasteiger partial charge in [0.1, 0.15) is 18.3 Å². The van der Waals surface area contributed by atoms with E-state index in [1.165, 1.54) is 16.7 Å². The van der Waals surface area contributed by atoms with Gasteiger partial charge in [-0.2, -0.15) is 4.57 Å². The lowest BCUT2D eigenvalue weighted by atomic mass is 10.0. The van der Waals surface area contributed by atoms with Crippen LogP contribution in [0.2, 0.25) is 0 Å². The van der Waals surface area contributed by atoms with Crippen molar-refractivity contribution in [3.8, 4) is 11.1 Å². The second-order valence-corrected chi connectivity index (χ2v) is 5.06. The molecule has 1 heterocycles. The van der Waals surface area contributed by atoms with Crippen LogP contribution in [0.4, 0.5) is 0 Å². The van der Waals surface area contributed by atoms with Gasteiger partial charge in [-0.3, -0.25) is 0 Å². The average molecular weight is 249 g/mol. The van der Waals surface area contributed by atoms with Gasteiger partial charge in [-0.25, -0.2) is 4.98 Å². The van der Waals surface area contributed by atoms with Crippen molar-refractivity contribution in [3.05, 3.63) is 59.9 Å². The summed E-state index contributed by atoms with van der Waals surface area (Å²) in [6.45, 7) is 4.13. The van der Waals surface area contributed by atoms with E-state index in [0.29, 0.717) is 0 Å². The Morgan fingerprint density at radius 3 is 2.32 bits per heavy atom. The van der Waals surface area contributed by atoms with E-state index >= 15 is 0 Å². The van der Waals surface area contributed by atoms with Crippen molar-refractivity contribution in [2.24, 2.45) is 7.05 Å². The summed E-state index contributed by atoms with van der Waals surface area (Å²) in [6, 6.07) is 15.1. The van der Waals surface area contributed by atoms with Gasteiger partial charge in [-0.15, -0.1) is 0 Å².